The lowest BCUT2D eigenvalue weighted by atomic mass is 10.0. The fourth-order valence-electron chi connectivity index (χ4n) is 11.8. The van der Waals surface area contributed by atoms with Gasteiger partial charge in [-0.1, -0.05) is 377 Å². The Morgan fingerprint density at radius 3 is 0.854 bits per heavy atom. The second kappa shape index (κ2) is 82.6. The van der Waals surface area contributed by atoms with Gasteiger partial charge in [0.15, 0.2) is 12.4 Å². The summed E-state index contributed by atoms with van der Waals surface area (Å²) in [6, 6.07) is 0. The van der Waals surface area contributed by atoms with E-state index >= 15 is 0 Å². The maximum absolute atomic E-state index is 13.0. The molecular weight excluding hydrogens is 1270 g/mol. The Morgan fingerprint density at radius 1 is 0.301 bits per heavy atom. The van der Waals surface area contributed by atoms with Crippen molar-refractivity contribution in [2.45, 2.75) is 373 Å². The number of likely N-dealkylation sites (N-methyl/N-ethyl adjacent to an activating group) is 1. The van der Waals surface area contributed by atoms with Crippen molar-refractivity contribution in [3.05, 3.63) is 158 Å². The minimum absolute atomic E-state index is 0.133. The number of carbonyl (C=O) groups is 3. The van der Waals surface area contributed by atoms with Crippen LogP contribution in [0.3, 0.4) is 0 Å². The van der Waals surface area contributed by atoms with Crippen LogP contribution in [0.2, 0.25) is 0 Å². The minimum atomic E-state index is -1.64. The van der Waals surface area contributed by atoms with Gasteiger partial charge in [-0.3, -0.25) is 9.59 Å². The van der Waals surface area contributed by atoms with Crippen molar-refractivity contribution >= 4 is 17.9 Å². The molecule has 0 saturated heterocycles. The number of allylic oxidation sites excluding steroid dienone is 26. The number of esters is 2. The molecule has 0 N–H and O–H groups in total. The molecule has 2 unspecified atom stereocenters. The predicted octanol–water partition coefficient (Wildman–Crippen LogP) is 26.6. The van der Waals surface area contributed by atoms with Crippen LogP contribution < -0.4 is 5.11 Å². The molecule has 0 radical (unpaired) electrons. The molecule has 0 aliphatic carbocycles. The van der Waals surface area contributed by atoms with Crippen molar-refractivity contribution in [3.8, 4) is 0 Å². The first-order valence-electron chi connectivity index (χ1n) is 42.6. The van der Waals surface area contributed by atoms with Gasteiger partial charge in [-0.15, -0.1) is 0 Å². The molecule has 0 aliphatic heterocycles. The monoisotopic (exact) mass is 1430 g/mol. The van der Waals surface area contributed by atoms with Crippen molar-refractivity contribution in [1.29, 1.82) is 0 Å². The van der Waals surface area contributed by atoms with Crippen molar-refractivity contribution in [2.75, 3.05) is 47.5 Å². The average Bonchev–Trinajstić information content (AvgIpc) is 0.985. The fourth-order valence-corrected chi connectivity index (χ4v) is 11.8. The first kappa shape index (κ1) is 97.9. The van der Waals surface area contributed by atoms with Gasteiger partial charge in [0.05, 0.1) is 40.3 Å². The van der Waals surface area contributed by atoms with Crippen molar-refractivity contribution in [1.82, 2.24) is 0 Å². The summed E-state index contributed by atoms with van der Waals surface area (Å²) in [7, 11) is 5.92. The quantitative estimate of drug-likeness (QED) is 0.0195. The molecule has 0 amide bonds. The number of rotatable bonds is 78. The lowest BCUT2D eigenvalue weighted by Gasteiger charge is -2.26. The zero-order valence-corrected chi connectivity index (χ0v) is 67.4. The third-order valence-corrected chi connectivity index (χ3v) is 18.3. The first-order valence-corrected chi connectivity index (χ1v) is 42.6. The van der Waals surface area contributed by atoms with E-state index in [0.717, 1.165) is 109 Å². The summed E-state index contributed by atoms with van der Waals surface area (Å²) in [5.74, 6) is -2.34. The second-order valence-corrected chi connectivity index (χ2v) is 29.4. The molecule has 588 valence electrons. The summed E-state index contributed by atoms with van der Waals surface area (Å²) >= 11 is 0. The van der Waals surface area contributed by atoms with Crippen LogP contribution in [0.25, 0.3) is 0 Å². The van der Waals surface area contributed by atoms with Crippen LogP contribution in [0.15, 0.2) is 158 Å². The summed E-state index contributed by atoms with van der Waals surface area (Å²) in [5, 5.41) is 11.9. The van der Waals surface area contributed by atoms with E-state index in [1.807, 2.05) is 21.1 Å². The highest BCUT2D eigenvalue weighted by atomic mass is 16.7. The van der Waals surface area contributed by atoms with Crippen molar-refractivity contribution < 1.29 is 42.9 Å². The van der Waals surface area contributed by atoms with E-state index in [-0.39, 0.29) is 38.6 Å². The SMILES string of the molecule is CC/C=C\C/C=C\C/C=C\C/C=C\C/C=C\C/C=C\C/C=C\C/C=C\C/C=C\C/C=C\C/C=C\C/C=C\CCCCC(=O)OC(COC(=O)CCCCCCCCCCCCCCCCCCCCCCCCCCCCC/C=C\CCCCCCCCCC)COC(OCC[N+](C)(C)C)C(=O)[O-]. The number of carboxylic acid groups (broad SMARTS) is 1. The molecule has 9 heteroatoms. The standard InChI is InChI=1S/C94H159NO8/c1-6-8-10-12-14-16-18-20-22-24-26-28-30-32-34-36-38-40-42-44-46-48-50-52-54-56-58-60-62-64-66-68-70-72-74-76-78-80-82-84-91(96)101-88-90(89-102-94(93(98)99)100-87-86-95(3,4)5)103-92(97)85-83-81-79-77-75-73-71-69-67-65-63-61-59-57-55-53-51-49-47-45-43-41-39-37-35-33-31-29-27-25-23-21-19-17-15-13-11-9-7-2/h9,11,15,17,21,23-24,26-27,29,33,35,39,41,45,47,51,53,57,59,63,65,69,71,75,77,90,94H,6-8,10,12-14,16,18-20,22,25,28,30-32,34,36-38,40,42-44,46,48-50,52,54-56,58,60-62,64,66-68,70,72-74,76,78-89H2,1-5H3/b11-9-,17-15-,23-21-,26-24-,29-27-,35-33-,41-39-,47-45-,53-51-,59-57-,65-63-,71-69-,77-75-. The molecule has 0 aromatic rings. The van der Waals surface area contributed by atoms with Crippen molar-refractivity contribution in [2.24, 2.45) is 0 Å². The highest BCUT2D eigenvalue weighted by Gasteiger charge is 2.22. The molecule has 0 heterocycles. The number of ether oxygens (including phenoxy) is 4. The molecule has 9 nitrogen and oxygen atoms in total. The highest BCUT2D eigenvalue weighted by molar-refractivity contribution is 5.70. The highest BCUT2D eigenvalue weighted by Crippen LogP contribution is 2.19. The Morgan fingerprint density at radius 2 is 0.553 bits per heavy atom. The van der Waals surface area contributed by atoms with Gasteiger partial charge in [-0.2, -0.15) is 0 Å². The molecule has 0 bridgehead atoms. The summed E-state index contributed by atoms with van der Waals surface area (Å²) in [6.45, 7) is 4.61. The smallest absolute Gasteiger partial charge is 0.306 e. The topological polar surface area (TPSA) is 111 Å². The predicted molar refractivity (Wildman–Crippen MR) is 444 cm³/mol. The molecule has 0 aromatic carbocycles. The number of carboxylic acids is 1. The number of nitrogens with zero attached hydrogens (tertiary/aromatic N) is 1. The average molecular weight is 1430 g/mol. The summed E-state index contributed by atoms with van der Waals surface area (Å²) < 4.78 is 22.8. The van der Waals surface area contributed by atoms with Crippen molar-refractivity contribution in [3.63, 3.8) is 0 Å². The molecule has 0 spiro atoms. The van der Waals surface area contributed by atoms with Gasteiger partial charge in [0.25, 0.3) is 0 Å². The Kier molecular flexibility index (Phi) is 78.5. The summed E-state index contributed by atoms with van der Waals surface area (Å²) in [5.41, 5.74) is 0. The Labute approximate surface area is 635 Å². The van der Waals surface area contributed by atoms with Crippen LogP contribution in [-0.2, 0) is 33.3 Å². The van der Waals surface area contributed by atoms with Crippen LogP contribution in [-0.4, -0.2) is 82.3 Å². The van der Waals surface area contributed by atoms with Gasteiger partial charge in [-0.25, -0.2) is 0 Å². The van der Waals surface area contributed by atoms with Gasteiger partial charge in [0.1, 0.15) is 13.2 Å². The van der Waals surface area contributed by atoms with Crippen LogP contribution in [0.4, 0.5) is 0 Å². The van der Waals surface area contributed by atoms with E-state index in [9.17, 15) is 19.5 Å². The molecular formula is C94H159NO8. The van der Waals surface area contributed by atoms with Crippen LogP contribution in [0.1, 0.15) is 361 Å². The largest absolute Gasteiger partial charge is 0.545 e. The number of aliphatic carboxylic acids is 1. The first-order chi connectivity index (χ1) is 50.6. The molecule has 103 heavy (non-hydrogen) atoms. The lowest BCUT2D eigenvalue weighted by Crippen LogP contribution is -2.44. The molecule has 0 fully saturated rings. The fraction of sp³-hybridized carbons (Fsp3) is 0.691. The van der Waals surface area contributed by atoms with E-state index in [0.29, 0.717) is 17.4 Å². The number of carbonyl (C=O) groups excluding carboxylic acids is 3. The zero-order valence-electron chi connectivity index (χ0n) is 67.4. The molecule has 0 saturated carbocycles. The lowest BCUT2D eigenvalue weighted by molar-refractivity contribution is -0.870. The number of quaternary nitrogens is 1. The van der Waals surface area contributed by atoms with Crippen LogP contribution in [0, 0.1) is 0 Å². The van der Waals surface area contributed by atoms with Gasteiger partial charge in [0, 0.05) is 12.8 Å². The Balaban J connectivity index is 4.10. The summed E-state index contributed by atoms with van der Waals surface area (Å²) in [4.78, 5) is 37.6. The maximum atomic E-state index is 13.0. The number of hydrogen-bond donors (Lipinski definition) is 0. The van der Waals surface area contributed by atoms with Gasteiger partial charge in [-0.05, 0) is 128 Å². The maximum Gasteiger partial charge on any atom is 0.306 e. The molecule has 0 rings (SSSR count). The number of hydrogen-bond acceptors (Lipinski definition) is 8. The number of unbranched alkanes of at least 4 members (excludes halogenated alkanes) is 37. The third kappa shape index (κ3) is 84.1. The van der Waals surface area contributed by atoms with Crippen LogP contribution >= 0.6 is 0 Å². The van der Waals surface area contributed by atoms with E-state index in [4.69, 9.17) is 18.9 Å². The summed E-state index contributed by atoms with van der Waals surface area (Å²) in [6.07, 6.45) is 120. The van der Waals surface area contributed by atoms with E-state index in [1.165, 1.54) is 218 Å². The Bertz CT molecular complexity index is 2270. The minimum Gasteiger partial charge on any atom is -0.545 e. The van der Waals surface area contributed by atoms with Gasteiger partial charge >= 0.3 is 11.9 Å². The third-order valence-electron chi connectivity index (χ3n) is 18.3. The van der Waals surface area contributed by atoms with Gasteiger partial charge in [0.2, 0.25) is 0 Å². The van der Waals surface area contributed by atoms with E-state index in [2.05, 4.69) is 172 Å². The molecule has 0 aliphatic rings. The zero-order chi connectivity index (χ0) is 74.6. The van der Waals surface area contributed by atoms with E-state index in [1.54, 1.807) is 0 Å². The Hall–Kier alpha value is -5.09. The van der Waals surface area contributed by atoms with E-state index < -0.39 is 24.3 Å². The van der Waals surface area contributed by atoms with Crippen LogP contribution in [0.5, 0.6) is 0 Å². The second-order valence-electron chi connectivity index (χ2n) is 29.4. The molecule has 0 aromatic heterocycles. The van der Waals surface area contributed by atoms with Gasteiger partial charge < -0.3 is 33.3 Å². The molecule has 2 atom stereocenters. The normalized spacial score (nSPS) is 13.4.